The van der Waals surface area contributed by atoms with Crippen LogP contribution in [-0.2, 0) is 0 Å². The van der Waals surface area contributed by atoms with Crippen LogP contribution in [0.15, 0.2) is 99.8 Å². The lowest BCUT2D eigenvalue weighted by Gasteiger charge is -2.08. The van der Waals surface area contributed by atoms with Crippen LogP contribution in [0.1, 0.15) is 0 Å². The van der Waals surface area contributed by atoms with Gasteiger partial charge in [0, 0.05) is 24.5 Å². The minimum Gasteiger partial charge on any atom is -0.398 e. The fourth-order valence-corrected chi connectivity index (χ4v) is 3.19. The van der Waals surface area contributed by atoms with E-state index in [1.165, 1.54) is 70.1 Å². The zero-order chi connectivity index (χ0) is 26.7. The van der Waals surface area contributed by atoms with Crippen LogP contribution in [0.2, 0.25) is 10.0 Å². The number of thiocarbonyl (C=S) groups is 2. The maximum Gasteiger partial charge on any atom is 0.256 e. The average Bonchev–Trinajstić information content (AvgIpc) is 2.85. The number of rotatable bonds is 1. The van der Waals surface area contributed by atoms with Crippen molar-refractivity contribution in [1.82, 2.24) is 9.13 Å². The van der Waals surface area contributed by atoms with Gasteiger partial charge in [0.1, 0.15) is 11.6 Å². The molecule has 0 aliphatic heterocycles. The standard InChI is InChI=1S/C11H8N2O2S.C7H3ClFNS.C6H5ClFN/c14-9-5-1-3-7-12(9)11(16)13-8-4-2-6-10(13)15;8-6-3-5(9)1-2-7(6)10-4-11;7-5-3-4(8)1-2-6(5)9/h1-8H;1-3H;1-3H,9H2. The Morgan fingerprint density at radius 1 is 0.833 bits per heavy atom. The number of nitrogen functional groups attached to an aromatic ring is 1. The van der Waals surface area contributed by atoms with Crippen LogP contribution in [0.5, 0.6) is 0 Å². The number of nitrogens with zero attached hydrogens (tertiary/aromatic N) is 3. The molecule has 0 amide bonds. The summed E-state index contributed by atoms with van der Waals surface area (Å²) in [6.45, 7) is 0. The fourth-order valence-electron chi connectivity index (χ4n) is 2.41. The number of aromatic nitrogens is 2. The molecule has 4 aromatic rings. The molecule has 0 spiro atoms. The van der Waals surface area contributed by atoms with E-state index in [1.807, 2.05) is 0 Å². The summed E-state index contributed by atoms with van der Waals surface area (Å²) in [5.74, 6) is -0.757. The molecule has 12 heteroatoms. The van der Waals surface area contributed by atoms with E-state index in [4.69, 9.17) is 41.2 Å². The molecule has 184 valence electrons. The van der Waals surface area contributed by atoms with E-state index in [9.17, 15) is 18.4 Å². The van der Waals surface area contributed by atoms with Gasteiger partial charge in [0.15, 0.2) is 5.11 Å². The molecule has 2 heterocycles. The van der Waals surface area contributed by atoms with Crippen LogP contribution >= 0.6 is 47.6 Å². The van der Waals surface area contributed by atoms with Crippen LogP contribution in [0.25, 0.3) is 0 Å². The van der Waals surface area contributed by atoms with Gasteiger partial charge in [0.2, 0.25) is 0 Å². The van der Waals surface area contributed by atoms with Crippen molar-refractivity contribution in [2.24, 2.45) is 4.99 Å². The van der Waals surface area contributed by atoms with Gasteiger partial charge in [0.25, 0.3) is 11.1 Å². The molecule has 2 N–H and O–H groups in total. The highest BCUT2D eigenvalue weighted by Crippen LogP contribution is 2.24. The van der Waals surface area contributed by atoms with Crippen molar-refractivity contribution < 1.29 is 8.78 Å². The molecule has 0 saturated carbocycles. The van der Waals surface area contributed by atoms with Gasteiger partial charge in [-0.2, -0.15) is 4.99 Å². The van der Waals surface area contributed by atoms with Crippen molar-refractivity contribution in [2.75, 3.05) is 5.73 Å². The zero-order valence-electron chi connectivity index (χ0n) is 18.1. The highest BCUT2D eigenvalue weighted by molar-refractivity contribution is 7.80. The van der Waals surface area contributed by atoms with E-state index in [0.29, 0.717) is 11.4 Å². The summed E-state index contributed by atoms with van der Waals surface area (Å²) in [5, 5.41) is 2.79. The molecule has 0 atom stereocenters. The molecule has 4 rings (SSSR count). The first-order chi connectivity index (χ1) is 17.1. The van der Waals surface area contributed by atoms with E-state index < -0.39 is 5.82 Å². The lowest BCUT2D eigenvalue weighted by atomic mass is 10.3. The summed E-state index contributed by atoms with van der Waals surface area (Å²) in [6.07, 6.45) is 3.06. The van der Waals surface area contributed by atoms with E-state index in [0.717, 1.165) is 0 Å². The molecule has 0 aliphatic rings. The maximum atomic E-state index is 12.4. The van der Waals surface area contributed by atoms with Gasteiger partial charge in [-0.25, -0.2) is 8.78 Å². The van der Waals surface area contributed by atoms with Crippen LogP contribution in [0.4, 0.5) is 20.2 Å². The van der Waals surface area contributed by atoms with Gasteiger partial charge in [-0.1, -0.05) is 35.3 Å². The SMILES string of the molecule is Fc1ccc(N=C=S)c(Cl)c1.Nc1ccc(F)cc1Cl.O=c1ccccn1C(=S)n1ccccc1=O. The summed E-state index contributed by atoms with van der Waals surface area (Å²) in [4.78, 5) is 26.6. The Kier molecular flexibility index (Phi) is 11.3. The van der Waals surface area contributed by atoms with Crippen molar-refractivity contribution in [2.45, 2.75) is 0 Å². The van der Waals surface area contributed by atoms with Crippen molar-refractivity contribution in [1.29, 1.82) is 0 Å². The molecular weight excluding hydrogens is 549 g/mol. The third-order valence-electron chi connectivity index (χ3n) is 4.10. The molecule has 0 unspecified atom stereocenters. The first-order valence-electron chi connectivity index (χ1n) is 9.77. The second-order valence-corrected chi connectivity index (χ2v) is 7.93. The molecular formula is C24H16Cl2F2N4O2S2. The number of hydrogen-bond donors (Lipinski definition) is 1. The Balaban J connectivity index is 0.000000200. The topological polar surface area (TPSA) is 82.4 Å². The Hall–Kier alpha value is -3.53. The normalized spacial score (nSPS) is 9.56. The number of halogens is 4. The van der Waals surface area contributed by atoms with E-state index >= 15 is 0 Å². The van der Waals surface area contributed by atoms with E-state index in [-0.39, 0.29) is 32.1 Å². The highest BCUT2D eigenvalue weighted by atomic mass is 35.5. The number of pyridine rings is 2. The Morgan fingerprint density at radius 3 is 1.75 bits per heavy atom. The van der Waals surface area contributed by atoms with Crippen molar-refractivity contribution in [3.05, 3.63) is 128 Å². The lowest BCUT2D eigenvalue weighted by molar-refractivity contribution is 0.627. The molecule has 0 radical (unpaired) electrons. The van der Waals surface area contributed by atoms with Gasteiger partial charge >= 0.3 is 0 Å². The molecule has 6 nitrogen and oxygen atoms in total. The van der Waals surface area contributed by atoms with Crippen LogP contribution in [0.3, 0.4) is 0 Å². The highest BCUT2D eigenvalue weighted by Gasteiger charge is 2.04. The van der Waals surface area contributed by atoms with Crippen molar-refractivity contribution in [3.63, 3.8) is 0 Å². The summed E-state index contributed by atoms with van der Waals surface area (Å²) in [6, 6.07) is 17.1. The third-order valence-corrected chi connectivity index (χ3v) is 5.21. The Labute approximate surface area is 224 Å². The zero-order valence-corrected chi connectivity index (χ0v) is 21.3. The molecule has 0 bridgehead atoms. The third kappa shape index (κ3) is 8.60. The smallest absolute Gasteiger partial charge is 0.256 e. The number of anilines is 1. The molecule has 0 fully saturated rings. The molecule has 0 saturated heterocycles. The van der Waals surface area contributed by atoms with Crippen molar-refractivity contribution in [3.8, 4) is 0 Å². The van der Waals surface area contributed by atoms with E-state index in [2.05, 4.69) is 22.4 Å². The van der Waals surface area contributed by atoms with Gasteiger partial charge < -0.3 is 5.73 Å². The van der Waals surface area contributed by atoms with Gasteiger partial charge in [-0.05, 0) is 73.0 Å². The van der Waals surface area contributed by atoms with Gasteiger partial charge in [0.05, 0.1) is 26.6 Å². The number of aliphatic imine (C=N–C) groups is 1. The van der Waals surface area contributed by atoms with Crippen LogP contribution < -0.4 is 16.9 Å². The summed E-state index contributed by atoms with van der Waals surface area (Å²) >= 11 is 20.5. The first kappa shape index (κ1) is 28.7. The largest absolute Gasteiger partial charge is 0.398 e. The minimum atomic E-state index is -0.390. The van der Waals surface area contributed by atoms with E-state index in [1.54, 1.807) is 24.3 Å². The summed E-state index contributed by atoms with van der Waals surface area (Å²) in [7, 11) is 0. The Morgan fingerprint density at radius 2 is 1.33 bits per heavy atom. The van der Waals surface area contributed by atoms with Gasteiger partial charge in [-0.3, -0.25) is 18.7 Å². The van der Waals surface area contributed by atoms with Gasteiger partial charge in [-0.15, -0.1) is 0 Å². The molecule has 0 aliphatic carbocycles. The lowest BCUT2D eigenvalue weighted by Crippen LogP contribution is -2.35. The second kappa shape index (κ2) is 14.1. The average molecular weight is 565 g/mol. The first-order valence-corrected chi connectivity index (χ1v) is 11.3. The molecule has 2 aromatic heterocycles. The minimum absolute atomic E-state index is 0.149. The molecule has 36 heavy (non-hydrogen) atoms. The second-order valence-electron chi connectivity index (χ2n) is 6.56. The summed E-state index contributed by atoms with van der Waals surface area (Å²) in [5.41, 5.74) is 5.60. The maximum absolute atomic E-state index is 12.4. The monoisotopic (exact) mass is 564 g/mol. The number of nitrogens with two attached hydrogens (primary N) is 1. The van der Waals surface area contributed by atoms with Crippen LogP contribution in [0, 0.1) is 11.6 Å². The fraction of sp³-hybridized carbons (Fsp3) is 0. The van der Waals surface area contributed by atoms with Crippen molar-refractivity contribution >= 4 is 69.3 Å². The predicted molar refractivity (Wildman–Crippen MR) is 147 cm³/mol. The quantitative estimate of drug-likeness (QED) is 0.175. The number of isothiocyanates is 1. The number of hydrogen-bond acceptors (Lipinski definition) is 6. The van der Waals surface area contributed by atoms with Crippen LogP contribution in [-0.4, -0.2) is 19.4 Å². The number of benzene rings is 2. The molecule has 2 aromatic carbocycles. The summed E-state index contributed by atoms with van der Waals surface area (Å²) < 4.78 is 27.1. The Bertz CT molecular complexity index is 1480. The predicted octanol–water partition coefficient (Wildman–Crippen LogP) is 5.97.